The lowest BCUT2D eigenvalue weighted by Gasteiger charge is -2.32. The summed E-state index contributed by atoms with van der Waals surface area (Å²) >= 11 is 1.65. The van der Waals surface area contributed by atoms with Gasteiger partial charge < -0.3 is 9.88 Å². The predicted octanol–water partition coefficient (Wildman–Crippen LogP) is 5.75. The summed E-state index contributed by atoms with van der Waals surface area (Å²) in [6, 6.07) is 10.6. The van der Waals surface area contributed by atoms with Gasteiger partial charge in [0.25, 0.3) is 0 Å². The lowest BCUT2D eigenvalue weighted by molar-refractivity contribution is 0.262. The highest BCUT2D eigenvalue weighted by Gasteiger charge is 2.28. The molecule has 2 fully saturated rings. The van der Waals surface area contributed by atoms with Crippen molar-refractivity contribution >= 4 is 28.7 Å². The van der Waals surface area contributed by atoms with Crippen molar-refractivity contribution in [2.75, 3.05) is 5.32 Å². The van der Waals surface area contributed by atoms with Crippen LogP contribution in [0.2, 0.25) is 0 Å². The Morgan fingerprint density at radius 1 is 1.11 bits per heavy atom. The number of H-pyrrole nitrogens is 1. The van der Waals surface area contributed by atoms with Gasteiger partial charge in [-0.15, -0.1) is 0 Å². The van der Waals surface area contributed by atoms with Crippen molar-refractivity contribution in [1.82, 2.24) is 29.7 Å². The first kappa shape index (κ1) is 24.2. The lowest BCUT2D eigenvalue weighted by atomic mass is 9.80. The summed E-state index contributed by atoms with van der Waals surface area (Å²) in [5, 5.41) is 8.43. The molecule has 9 nitrogen and oxygen atoms in total. The third-order valence-corrected chi connectivity index (χ3v) is 8.97. The van der Waals surface area contributed by atoms with Gasteiger partial charge in [-0.2, -0.15) is 0 Å². The van der Waals surface area contributed by atoms with Crippen molar-refractivity contribution in [2.45, 2.75) is 81.4 Å². The van der Waals surface area contributed by atoms with Gasteiger partial charge in [-0.05, 0) is 62.5 Å². The van der Waals surface area contributed by atoms with Gasteiger partial charge in [0.05, 0.1) is 0 Å². The van der Waals surface area contributed by atoms with Gasteiger partial charge in [0, 0.05) is 17.5 Å². The Kier molecular flexibility index (Phi) is 6.75. The normalized spacial score (nSPS) is 21.1. The highest BCUT2D eigenvalue weighted by atomic mass is 32.2. The molecule has 0 aliphatic heterocycles. The summed E-state index contributed by atoms with van der Waals surface area (Å²) in [5.74, 6) is 2.62. The molecule has 37 heavy (non-hydrogen) atoms. The monoisotopic (exact) mass is 519 g/mol. The summed E-state index contributed by atoms with van der Waals surface area (Å²) in [6.45, 7) is 5.46. The molecule has 3 heterocycles. The Hall–Kier alpha value is -3.14. The smallest absolute Gasteiger partial charge is 0.365 e. The fraction of sp³-hybridized carbons (Fsp3) is 0.519. The van der Waals surface area contributed by atoms with Crippen LogP contribution in [-0.2, 0) is 6.54 Å². The van der Waals surface area contributed by atoms with Crippen LogP contribution in [0.5, 0.6) is 0 Å². The van der Waals surface area contributed by atoms with Crippen molar-refractivity contribution in [3.8, 4) is 11.6 Å². The fourth-order valence-corrected chi connectivity index (χ4v) is 6.35. The molecule has 194 valence electrons. The standard InChI is InChI=1S/C27H33N7O2S/c1-16-11-13-18(14-12-16)15-34-21-22(28-17(2)19-7-6-8-19)29-24(25-32-27(35)36-33-25)30-23(21)31-26(34)37-20-9-4-3-5-10-20/h3-5,9-10,16-19H,6-8,11-15H2,1-2H3,(H,28,29,30)(H,32,33,35)/t16?,17-,18?/m1/s1. The average Bonchev–Trinajstić information content (AvgIpc) is 3.43. The number of hydrogen-bond donors (Lipinski definition) is 2. The van der Waals surface area contributed by atoms with E-state index < -0.39 is 5.76 Å². The van der Waals surface area contributed by atoms with E-state index in [4.69, 9.17) is 19.5 Å². The average molecular weight is 520 g/mol. The second kappa shape index (κ2) is 10.3. The fourth-order valence-electron chi connectivity index (χ4n) is 5.43. The molecule has 6 rings (SSSR count). The number of nitrogens with zero attached hydrogens (tertiary/aromatic N) is 5. The Morgan fingerprint density at radius 3 is 2.57 bits per heavy atom. The van der Waals surface area contributed by atoms with Crippen LogP contribution in [-0.4, -0.2) is 35.7 Å². The van der Waals surface area contributed by atoms with Crippen LogP contribution >= 0.6 is 11.8 Å². The Balaban J connectivity index is 1.46. The minimum atomic E-state index is -0.631. The largest absolute Gasteiger partial charge is 0.439 e. The van der Waals surface area contributed by atoms with Crippen LogP contribution in [0.1, 0.15) is 58.8 Å². The van der Waals surface area contributed by atoms with Crippen LogP contribution < -0.4 is 11.1 Å². The number of fused-ring (bicyclic) bond motifs is 1. The number of imidazole rings is 1. The first-order valence-corrected chi connectivity index (χ1v) is 14.2. The zero-order chi connectivity index (χ0) is 25.4. The molecule has 3 aromatic heterocycles. The predicted molar refractivity (Wildman–Crippen MR) is 144 cm³/mol. The van der Waals surface area contributed by atoms with Gasteiger partial charge >= 0.3 is 5.76 Å². The molecule has 0 saturated heterocycles. The number of nitrogens with one attached hydrogen (secondary N) is 2. The third kappa shape index (κ3) is 5.16. The van der Waals surface area contributed by atoms with E-state index in [1.807, 2.05) is 18.2 Å². The molecule has 0 radical (unpaired) electrons. The van der Waals surface area contributed by atoms with Crippen molar-refractivity contribution in [3.63, 3.8) is 0 Å². The van der Waals surface area contributed by atoms with Gasteiger partial charge in [-0.3, -0.25) is 9.51 Å². The number of hydrogen-bond acceptors (Lipinski definition) is 8. The zero-order valence-corrected chi connectivity index (χ0v) is 22.1. The van der Waals surface area contributed by atoms with Crippen LogP contribution in [0.25, 0.3) is 22.8 Å². The molecule has 2 aliphatic carbocycles. The van der Waals surface area contributed by atoms with Crippen LogP contribution in [0.4, 0.5) is 5.82 Å². The second-order valence-corrected chi connectivity index (χ2v) is 11.7. The van der Waals surface area contributed by atoms with Crippen molar-refractivity contribution in [2.24, 2.45) is 17.8 Å². The minimum absolute atomic E-state index is 0.208. The van der Waals surface area contributed by atoms with Gasteiger partial charge in [0.1, 0.15) is 5.52 Å². The molecule has 2 N–H and O–H groups in total. The molecule has 0 unspecified atom stereocenters. The summed E-state index contributed by atoms with van der Waals surface area (Å²) in [7, 11) is 0. The molecular formula is C27H33N7O2S. The maximum absolute atomic E-state index is 11.7. The minimum Gasteiger partial charge on any atom is -0.365 e. The number of anilines is 1. The van der Waals surface area contributed by atoms with E-state index in [9.17, 15) is 4.79 Å². The van der Waals surface area contributed by atoms with Gasteiger partial charge in [0.2, 0.25) is 11.6 Å². The van der Waals surface area contributed by atoms with Crippen LogP contribution in [0.15, 0.2) is 49.7 Å². The highest BCUT2D eigenvalue weighted by molar-refractivity contribution is 7.99. The summed E-state index contributed by atoms with van der Waals surface area (Å²) in [6.07, 6.45) is 8.69. The zero-order valence-electron chi connectivity index (χ0n) is 21.3. The molecule has 0 amide bonds. The maximum atomic E-state index is 11.7. The van der Waals surface area contributed by atoms with Gasteiger partial charge in [0.15, 0.2) is 16.6 Å². The van der Waals surface area contributed by atoms with E-state index in [0.29, 0.717) is 23.3 Å². The van der Waals surface area contributed by atoms with E-state index in [1.54, 1.807) is 11.8 Å². The Morgan fingerprint density at radius 2 is 1.89 bits per heavy atom. The van der Waals surface area contributed by atoms with Crippen molar-refractivity contribution < 1.29 is 4.52 Å². The molecule has 10 heteroatoms. The number of aromatic nitrogens is 6. The van der Waals surface area contributed by atoms with E-state index >= 15 is 0 Å². The van der Waals surface area contributed by atoms with Crippen LogP contribution in [0.3, 0.4) is 0 Å². The first-order chi connectivity index (χ1) is 18.0. The lowest BCUT2D eigenvalue weighted by Crippen LogP contribution is -2.31. The van der Waals surface area contributed by atoms with Gasteiger partial charge in [-0.25, -0.2) is 19.7 Å². The molecule has 1 atom stereocenters. The quantitative estimate of drug-likeness (QED) is 0.302. The number of aromatic amines is 1. The van der Waals surface area contributed by atoms with Gasteiger partial charge in [-0.1, -0.05) is 61.3 Å². The summed E-state index contributed by atoms with van der Waals surface area (Å²) in [4.78, 5) is 30.0. The Labute approximate surface area is 219 Å². The molecule has 1 aromatic carbocycles. The SMILES string of the molecule is CC1CCC(Cn2c(Sc3ccccc3)nc3nc(-c4noc(=O)[nH]4)nc(N[C@H](C)C4CCC4)c32)CC1. The third-order valence-electron chi connectivity index (χ3n) is 7.97. The molecule has 4 aromatic rings. The van der Waals surface area contributed by atoms with E-state index in [0.717, 1.165) is 33.8 Å². The number of benzene rings is 1. The maximum Gasteiger partial charge on any atom is 0.439 e. The molecule has 2 saturated carbocycles. The van der Waals surface area contributed by atoms with Crippen molar-refractivity contribution in [1.29, 1.82) is 0 Å². The van der Waals surface area contributed by atoms with Crippen molar-refractivity contribution in [3.05, 3.63) is 40.9 Å². The highest BCUT2D eigenvalue weighted by Crippen LogP contribution is 2.37. The molecule has 0 spiro atoms. The molecule has 0 bridgehead atoms. The topological polar surface area (TPSA) is 115 Å². The first-order valence-electron chi connectivity index (χ1n) is 13.4. The molecular weight excluding hydrogens is 486 g/mol. The second-order valence-electron chi connectivity index (χ2n) is 10.7. The van der Waals surface area contributed by atoms with E-state index in [1.165, 1.54) is 44.9 Å². The molecule has 2 aliphatic rings. The van der Waals surface area contributed by atoms with E-state index in [2.05, 4.69) is 46.0 Å². The number of rotatable bonds is 8. The summed E-state index contributed by atoms with van der Waals surface area (Å²) in [5.41, 5.74) is 1.51. The summed E-state index contributed by atoms with van der Waals surface area (Å²) < 4.78 is 7.06. The Bertz CT molecular complexity index is 1420. The van der Waals surface area contributed by atoms with E-state index in [-0.39, 0.29) is 11.9 Å². The van der Waals surface area contributed by atoms with Crippen LogP contribution in [0, 0.1) is 17.8 Å².